The van der Waals surface area contributed by atoms with E-state index < -0.39 is 0 Å². The maximum absolute atomic E-state index is 4.17. The van der Waals surface area contributed by atoms with Crippen LogP contribution in [0.5, 0.6) is 0 Å². The Hall–Kier alpha value is -1.57. The Kier molecular flexibility index (Phi) is 4.77. The molecule has 0 amide bonds. The van der Waals surface area contributed by atoms with Gasteiger partial charge in [0.2, 0.25) is 0 Å². The van der Waals surface area contributed by atoms with Crippen LogP contribution >= 0.6 is 0 Å². The van der Waals surface area contributed by atoms with Crippen molar-refractivity contribution in [2.45, 2.75) is 27.2 Å². The Morgan fingerprint density at radius 2 is 1.94 bits per heavy atom. The van der Waals surface area contributed by atoms with Crippen molar-refractivity contribution in [1.82, 2.24) is 9.78 Å². The molecule has 1 heterocycles. The van der Waals surface area contributed by atoms with E-state index in [1.807, 2.05) is 37.8 Å². The van der Waals surface area contributed by atoms with Crippen molar-refractivity contribution in [3.63, 3.8) is 0 Å². The highest BCUT2D eigenvalue weighted by Crippen LogP contribution is 2.19. The first-order valence-corrected chi connectivity index (χ1v) is 5.88. The summed E-state index contributed by atoms with van der Waals surface area (Å²) in [5.41, 5.74) is 3.77. The molecule has 0 unspecified atom stereocenters. The summed E-state index contributed by atoms with van der Waals surface area (Å²) in [5, 5.41) is 4.17. The molecule has 0 fully saturated rings. The van der Waals surface area contributed by atoms with Crippen LogP contribution in [0.25, 0.3) is 11.3 Å². The molecule has 0 N–H and O–H groups in total. The lowest BCUT2D eigenvalue weighted by Gasteiger charge is -2.03. The lowest BCUT2D eigenvalue weighted by molar-refractivity contribution is 0.776. The highest BCUT2D eigenvalue weighted by atomic mass is 15.2. The van der Waals surface area contributed by atoms with Gasteiger partial charge in [-0.25, -0.2) is 0 Å². The normalized spacial score (nSPS) is 9.50. The molecule has 1 aromatic carbocycles. The number of aromatic nitrogens is 2. The molecule has 2 heteroatoms. The van der Waals surface area contributed by atoms with Gasteiger partial charge < -0.3 is 0 Å². The standard InChI is InChI=1S/C12H14N2.C2H6/c1-3-10-5-4-6-11(9-10)12-7-8-13-14(12)2;1-2/h4-9H,3H2,1-2H3;1-2H3. The van der Waals surface area contributed by atoms with Gasteiger partial charge in [-0.3, -0.25) is 4.68 Å². The maximum Gasteiger partial charge on any atom is 0.0678 e. The minimum Gasteiger partial charge on any atom is -0.268 e. The number of nitrogens with zero attached hydrogens (tertiary/aromatic N) is 2. The SMILES string of the molecule is CC.CCc1cccc(-c2ccnn2C)c1. The Labute approximate surface area is 97.9 Å². The van der Waals surface area contributed by atoms with Gasteiger partial charge in [0.15, 0.2) is 0 Å². The monoisotopic (exact) mass is 216 g/mol. The largest absolute Gasteiger partial charge is 0.268 e. The van der Waals surface area contributed by atoms with Crippen LogP contribution in [0.15, 0.2) is 36.5 Å². The van der Waals surface area contributed by atoms with Crippen LogP contribution in [0.3, 0.4) is 0 Å². The second-order valence-corrected chi connectivity index (χ2v) is 3.39. The van der Waals surface area contributed by atoms with Crippen LogP contribution in [-0.2, 0) is 13.5 Å². The summed E-state index contributed by atoms with van der Waals surface area (Å²) >= 11 is 0. The zero-order valence-electron chi connectivity index (χ0n) is 10.6. The van der Waals surface area contributed by atoms with Crippen LogP contribution in [-0.4, -0.2) is 9.78 Å². The Balaban J connectivity index is 0.000000606. The van der Waals surface area contributed by atoms with E-state index >= 15 is 0 Å². The topological polar surface area (TPSA) is 17.8 Å². The molecule has 16 heavy (non-hydrogen) atoms. The Bertz CT molecular complexity index is 430. The molecular formula is C14H20N2. The minimum atomic E-state index is 1.08. The Morgan fingerprint density at radius 1 is 1.19 bits per heavy atom. The van der Waals surface area contributed by atoms with E-state index in [4.69, 9.17) is 0 Å². The van der Waals surface area contributed by atoms with Crippen LogP contribution in [0.1, 0.15) is 26.3 Å². The molecule has 0 spiro atoms. The molecule has 2 aromatic rings. The summed E-state index contributed by atoms with van der Waals surface area (Å²) in [7, 11) is 1.97. The molecule has 0 aliphatic heterocycles. The molecule has 1 aromatic heterocycles. The summed E-state index contributed by atoms with van der Waals surface area (Å²) in [4.78, 5) is 0. The van der Waals surface area contributed by atoms with Crippen molar-refractivity contribution >= 4 is 0 Å². The second kappa shape index (κ2) is 6.11. The lowest BCUT2D eigenvalue weighted by Crippen LogP contribution is -1.93. The van der Waals surface area contributed by atoms with E-state index in [9.17, 15) is 0 Å². The number of benzene rings is 1. The van der Waals surface area contributed by atoms with E-state index in [0.29, 0.717) is 0 Å². The number of aryl methyl sites for hydroxylation is 2. The third-order valence-corrected chi connectivity index (χ3v) is 2.45. The molecular weight excluding hydrogens is 196 g/mol. The lowest BCUT2D eigenvalue weighted by atomic mass is 10.1. The molecule has 0 bridgehead atoms. The highest BCUT2D eigenvalue weighted by Gasteiger charge is 2.01. The van der Waals surface area contributed by atoms with Crippen molar-refractivity contribution in [2.75, 3.05) is 0 Å². The fourth-order valence-electron chi connectivity index (χ4n) is 1.61. The summed E-state index contributed by atoms with van der Waals surface area (Å²) in [6, 6.07) is 10.6. The van der Waals surface area contributed by atoms with Crippen LogP contribution in [0.4, 0.5) is 0 Å². The predicted molar refractivity (Wildman–Crippen MR) is 69.4 cm³/mol. The Morgan fingerprint density at radius 3 is 2.50 bits per heavy atom. The van der Waals surface area contributed by atoms with Gasteiger partial charge >= 0.3 is 0 Å². The maximum atomic E-state index is 4.17. The summed E-state index contributed by atoms with van der Waals surface area (Å²) in [6.07, 6.45) is 2.90. The summed E-state index contributed by atoms with van der Waals surface area (Å²) < 4.78 is 1.90. The second-order valence-electron chi connectivity index (χ2n) is 3.39. The minimum absolute atomic E-state index is 1.08. The third kappa shape index (κ3) is 2.72. The van der Waals surface area contributed by atoms with Crippen LogP contribution < -0.4 is 0 Å². The number of hydrogen-bond acceptors (Lipinski definition) is 1. The number of hydrogen-bond donors (Lipinski definition) is 0. The molecule has 0 aliphatic rings. The molecule has 0 saturated carbocycles. The summed E-state index contributed by atoms with van der Waals surface area (Å²) in [6.45, 7) is 6.17. The van der Waals surface area contributed by atoms with Gasteiger partial charge in [-0.2, -0.15) is 5.10 Å². The van der Waals surface area contributed by atoms with Crippen molar-refractivity contribution in [3.8, 4) is 11.3 Å². The van der Waals surface area contributed by atoms with Gasteiger partial charge in [-0.1, -0.05) is 39.0 Å². The van der Waals surface area contributed by atoms with Gasteiger partial charge in [-0.05, 0) is 24.1 Å². The third-order valence-electron chi connectivity index (χ3n) is 2.45. The summed E-state index contributed by atoms with van der Waals surface area (Å²) in [5.74, 6) is 0. The molecule has 2 nitrogen and oxygen atoms in total. The number of rotatable bonds is 2. The average Bonchev–Trinajstić information content (AvgIpc) is 2.78. The van der Waals surface area contributed by atoms with Crippen molar-refractivity contribution < 1.29 is 0 Å². The van der Waals surface area contributed by atoms with Crippen molar-refractivity contribution in [1.29, 1.82) is 0 Å². The molecule has 0 radical (unpaired) electrons. The fraction of sp³-hybridized carbons (Fsp3) is 0.357. The van der Waals surface area contributed by atoms with Crippen molar-refractivity contribution in [2.24, 2.45) is 7.05 Å². The molecule has 86 valence electrons. The van der Waals surface area contributed by atoms with Crippen LogP contribution in [0.2, 0.25) is 0 Å². The highest BCUT2D eigenvalue weighted by molar-refractivity contribution is 5.60. The first-order valence-electron chi connectivity index (χ1n) is 5.88. The zero-order chi connectivity index (χ0) is 12.0. The quantitative estimate of drug-likeness (QED) is 0.749. The van der Waals surface area contributed by atoms with Gasteiger partial charge in [0.1, 0.15) is 0 Å². The van der Waals surface area contributed by atoms with Gasteiger partial charge in [0.25, 0.3) is 0 Å². The molecule has 0 saturated heterocycles. The van der Waals surface area contributed by atoms with Gasteiger partial charge in [-0.15, -0.1) is 0 Å². The van der Waals surface area contributed by atoms with E-state index in [1.165, 1.54) is 16.8 Å². The van der Waals surface area contributed by atoms with E-state index in [2.05, 4.69) is 36.3 Å². The van der Waals surface area contributed by atoms with Crippen LogP contribution in [0, 0.1) is 0 Å². The molecule has 0 aliphatic carbocycles. The first-order chi connectivity index (χ1) is 7.81. The molecule has 0 atom stereocenters. The zero-order valence-corrected chi connectivity index (χ0v) is 10.6. The van der Waals surface area contributed by atoms with E-state index in [1.54, 1.807) is 0 Å². The van der Waals surface area contributed by atoms with Gasteiger partial charge in [0.05, 0.1) is 5.69 Å². The molecule has 2 rings (SSSR count). The smallest absolute Gasteiger partial charge is 0.0678 e. The predicted octanol–water partition coefficient (Wildman–Crippen LogP) is 3.68. The van der Waals surface area contributed by atoms with Gasteiger partial charge in [0, 0.05) is 18.8 Å². The average molecular weight is 216 g/mol. The first kappa shape index (κ1) is 12.5. The fourth-order valence-corrected chi connectivity index (χ4v) is 1.61. The van der Waals surface area contributed by atoms with Crippen molar-refractivity contribution in [3.05, 3.63) is 42.1 Å². The van der Waals surface area contributed by atoms with E-state index in [0.717, 1.165) is 6.42 Å². The van der Waals surface area contributed by atoms with E-state index in [-0.39, 0.29) is 0 Å².